The summed E-state index contributed by atoms with van der Waals surface area (Å²) in [7, 11) is 0. The van der Waals surface area contributed by atoms with Crippen LogP contribution in [-0.4, -0.2) is 12.0 Å². The van der Waals surface area contributed by atoms with Crippen LogP contribution >= 0.6 is 0 Å². The Morgan fingerprint density at radius 2 is 1.78 bits per heavy atom. The Bertz CT molecular complexity index is 766. The van der Waals surface area contributed by atoms with E-state index in [4.69, 9.17) is 4.74 Å². The van der Waals surface area contributed by atoms with Gasteiger partial charge in [0.1, 0.15) is 11.6 Å². The van der Waals surface area contributed by atoms with Crippen molar-refractivity contribution in [3.63, 3.8) is 0 Å². The molecule has 0 radical (unpaired) electrons. The van der Waals surface area contributed by atoms with E-state index in [9.17, 15) is 9.18 Å². The molecule has 0 spiro atoms. The lowest BCUT2D eigenvalue weighted by Gasteiger charge is -2.36. The summed E-state index contributed by atoms with van der Waals surface area (Å²) in [4.78, 5) is 13.2. The molecule has 1 aliphatic rings. The SMILES string of the molecule is CC[C@H](C)Oc1ccc(NC(=O)C2(c3ccccc3F)CCCCC2)cc1. The van der Waals surface area contributed by atoms with Crippen LogP contribution in [0.25, 0.3) is 0 Å². The van der Waals surface area contributed by atoms with Gasteiger partial charge in [-0.3, -0.25) is 4.79 Å². The Hall–Kier alpha value is -2.36. The number of rotatable bonds is 6. The van der Waals surface area contributed by atoms with Crippen LogP contribution in [0.1, 0.15) is 57.9 Å². The summed E-state index contributed by atoms with van der Waals surface area (Å²) < 4.78 is 20.3. The molecule has 1 atom stereocenters. The molecular formula is C23H28FNO2. The maximum Gasteiger partial charge on any atom is 0.235 e. The van der Waals surface area contributed by atoms with Gasteiger partial charge in [-0.05, 0) is 56.5 Å². The molecule has 0 saturated heterocycles. The van der Waals surface area contributed by atoms with Crippen LogP contribution in [0, 0.1) is 5.82 Å². The van der Waals surface area contributed by atoms with Crippen LogP contribution in [0.3, 0.4) is 0 Å². The first-order valence-corrected chi connectivity index (χ1v) is 9.88. The topological polar surface area (TPSA) is 38.3 Å². The lowest BCUT2D eigenvalue weighted by Crippen LogP contribution is -2.42. The minimum atomic E-state index is -0.796. The summed E-state index contributed by atoms with van der Waals surface area (Å²) in [5.74, 6) is 0.360. The van der Waals surface area contributed by atoms with Crippen molar-refractivity contribution in [2.45, 2.75) is 63.9 Å². The monoisotopic (exact) mass is 369 g/mol. The van der Waals surface area contributed by atoms with Crippen LogP contribution in [0.5, 0.6) is 5.75 Å². The van der Waals surface area contributed by atoms with E-state index in [0.717, 1.165) is 31.4 Å². The van der Waals surface area contributed by atoms with Gasteiger partial charge in [-0.2, -0.15) is 0 Å². The molecule has 2 aromatic carbocycles. The minimum absolute atomic E-state index is 0.122. The molecule has 4 heteroatoms. The van der Waals surface area contributed by atoms with Gasteiger partial charge in [-0.25, -0.2) is 4.39 Å². The predicted molar refractivity (Wildman–Crippen MR) is 107 cm³/mol. The summed E-state index contributed by atoms with van der Waals surface area (Å²) in [6.07, 6.45) is 5.39. The van der Waals surface area contributed by atoms with Crippen LogP contribution in [0.4, 0.5) is 10.1 Å². The van der Waals surface area contributed by atoms with Crippen molar-refractivity contribution in [2.24, 2.45) is 0 Å². The average molecular weight is 369 g/mol. The van der Waals surface area contributed by atoms with E-state index in [1.54, 1.807) is 12.1 Å². The van der Waals surface area contributed by atoms with Crippen molar-refractivity contribution >= 4 is 11.6 Å². The van der Waals surface area contributed by atoms with E-state index < -0.39 is 5.41 Å². The fraction of sp³-hybridized carbons (Fsp3) is 0.435. The minimum Gasteiger partial charge on any atom is -0.491 e. The molecule has 1 aliphatic carbocycles. The Morgan fingerprint density at radius 1 is 1.11 bits per heavy atom. The van der Waals surface area contributed by atoms with E-state index in [2.05, 4.69) is 12.2 Å². The van der Waals surface area contributed by atoms with E-state index in [1.165, 1.54) is 6.07 Å². The summed E-state index contributed by atoms with van der Waals surface area (Å²) >= 11 is 0. The van der Waals surface area contributed by atoms with Crippen LogP contribution in [0.2, 0.25) is 0 Å². The number of benzene rings is 2. The van der Waals surface area contributed by atoms with Gasteiger partial charge in [0.25, 0.3) is 0 Å². The maximum atomic E-state index is 14.5. The highest BCUT2D eigenvalue weighted by atomic mass is 19.1. The number of hydrogen-bond acceptors (Lipinski definition) is 2. The van der Waals surface area contributed by atoms with Crippen molar-refractivity contribution in [3.05, 3.63) is 59.9 Å². The zero-order chi connectivity index (χ0) is 19.3. The number of carbonyl (C=O) groups excluding carboxylic acids is 1. The molecule has 1 amide bonds. The lowest BCUT2D eigenvalue weighted by atomic mass is 9.68. The highest BCUT2D eigenvalue weighted by Crippen LogP contribution is 2.41. The third-order valence-electron chi connectivity index (χ3n) is 5.56. The average Bonchev–Trinajstić information content (AvgIpc) is 2.70. The molecule has 1 N–H and O–H groups in total. The first-order valence-electron chi connectivity index (χ1n) is 9.88. The van der Waals surface area contributed by atoms with E-state index >= 15 is 0 Å². The molecule has 1 saturated carbocycles. The Morgan fingerprint density at radius 3 is 2.41 bits per heavy atom. The summed E-state index contributed by atoms with van der Waals surface area (Å²) in [5, 5.41) is 3.01. The second-order valence-electron chi connectivity index (χ2n) is 7.44. The number of carbonyl (C=O) groups is 1. The predicted octanol–water partition coefficient (Wildman–Crippen LogP) is 5.84. The van der Waals surface area contributed by atoms with E-state index in [0.29, 0.717) is 24.1 Å². The third-order valence-corrected chi connectivity index (χ3v) is 5.56. The lowest BCUT2D eigenvalue weighted by molar-refractivity contribution is -0.122. The molecule has 0 aromatic heterocycles. The molecular weight excluding hydrogens is 341 g/mol. The van der Waals surface area contributed by atoms with Crippen LogP contribution in [-0.2, 0) is 10.2 Å². The third kappa shape index (κ3) is 4.32. The van der Waals surface area contributed by atoms with E-state index in [1.807, 2.05) is 37.3 Å². The highest BCUT2D eigenvalue weighted by Gasteiger charge is 2.42. The number of halogens is 1. The number of hydrogen-bond donors (Lipinski definition) is 1. The smallest absolute Gasteiger partial charge is 0.235 e. The van der Waals surface area contributed by atoms with Gasteiger partial charge in [0.15, 0.2) is 0 Å². The Kier molecular flexibility index (Phi) is 6.15. The summed E-state index contributed by atoms with van der Waals surface area (Å²) in [5.41, 5.74) is 0.423. The van der Waals surface area contributed by atoms with Gasteiger partial charge in [0, 0.05) is 11.3 Å². The molecule has 0 heterocycles. The number of anilines is 1. The molecule has 0 bridgehead atoms. The van der Waals surface area contributed by atoms with Gasteiger partial charge >= 0.3 is 0 Å². The normalized spacial score (nSPS) is 17.1. The summed E-state index contributed by atoms with van der Waals surface area (Å²) in [6.45, 7) is 4.10. The molecule has 3 nitrogen and oxygen atoms in total. The van der Waals surface area contributed by atoms with Gasteiger partial charge in [-0.15, -0.1) is 0 Å². The quantitative estimate of drug-likeness (QED) is 0.694. The van der Waals surface area contributed by atoms with Gasteiger partial charge in [0.2, 0.25) is 5.91 Å². The molecule has 27 heavy (non-hydrogen) atoms. The largest absolute Gasteiger partial charge is 0.491 e. The zero-order valence-electron chi connectivity index (χ0n) is 16.1. The first-order chi connectivity index (χ1) is 13.0. The molecule has 1 fully saturated rings. The second kappa shape index (κ2) is 8.55. The Balaban J connectivity index is 1.80. The van der Waals surface area contributed by atoms with Crippen LogP contribution < -0.4 is 10.1 Å². The number of nitrogens with one attached hydrogen (secondary N) is 1. The molecule has 0 aliphatic heterocycles. The number of ether oxygens (including phenoxy) is 1. The van der Waals surface area contributed by atoms with E-state index in [-0.39, 0.29) is 17.8 Å². The van der Waals surface area contributed by atoms with Crippen molar-refractivity contribution in [3.8, 4) is 5.75 Å². The van der Waals surface area contributed by atoms with Crippen molar-refractivity contribution in [1.82, 2.24) is 0 Å². The molecule has 2 aromatic rings. The first kappa shape index (κ1) is 19.4. The fourth-order valence-corrected chi connectivity index (χ4v) is 3.81. The molecule has 144 valence electrons. The number of amides is 1. The zero-order valence-corrected chi connectivity index (χ0v) is 16.1. The molecule has 0 unspecified atom stereocenters. The van der Waals surface area contributed by atoms with Crippen LogP contribution in [0.15, 0.2) is 48.5 Å². The second-order valence-corrected chi connectivity index (χ2v) is 7.44. The van der Waals surface area contributed by atoms with Crippen molar-refractivity contribution in [2.75, 3.05) is 5.32 Å². The Labute approximate surface area is 160 Å². The fourth-order valence-electron chi connectivity index (χ4n) is 3.81. The standard InChI is InChI=1S/C23H28FNO2/c1-3-17(2)27-19-13-11-18(12-14-19)25-22(26)23(15-7-4-8-16-23)20-9-5-6-10-21(20)24/h5-6,9-14,17H,3-4,7-8,15-16H2,1-2H3,(H,25,26)/t17-/m0/s1. The van der Waals surface area contributed by atoms with Crippen molar-refractivity contribution in [1.29, 1.82) is 0 Å². The van der Waals surface area contributed by atoms with Crippen molar-refractivity contribution < 1.29 is 13.9 Å². The van der Waals surface area contributed by atoms with Gasteiger partial charge in [0.05, 0.1) is 11.5 Å². The molecule has 3 rings (SSSR count). The maximum absolute atomic E-state index is 14.5. The highest BCUT2D eigenvalue weighted by molar-refractivity contribution is 5.99. The summed E-state index contributed by atoms with van der Waals surface area (Å²) in [6, 6.07) is 14.1. The van der Waals surface area contributed by atoms with Gasteiger partial charge in [-0.1, -0.05) is 44.4 Å². The van der Waals surface area contributed by atoms with Gasteiger partial charge < -0.3 is 10.1 Å².